The molecular formula is C21H17ClF2N2O4. The molecule has 6 nitrogen and oxygen atoms in total. The summed E-state index contributed by atoms with van der Waals surface area (Å²) in [7, 11) is 0. The standard InChI is InChI=1S/C21H17ClF2N2O4/c22-17-18(24)16(23)9-14-19(17)26(11-15(20(14)27)21(28)29)13-3-1-12(2-4-13)10-25-5-7-30-8-6-25/h1-4,9,11H,5-8,10H2,(H,28,29). The summed E-state index contributed by atoms with van der Waals surface area (Å²) in [5, 5.41) is 8.49. The van der Waals surface area contributed by atoms with Gasteiger partial charge >= 0.3 is 5.97 Å². The molecule has 0 spiro atoms. The molecule has 0 radical (unpaired) electrons. The second-order valence-electron chi connectivity index (χ2n) is 6.98. The third-order valence-corrected chi connectivity index (χ3v) is 5.42. The average molecular weight is 435 g/mol. The van der Waals surface area contributed by atoms with Gasteiger partial charge in [-0.1, -0.05) is 23.7 Å². The van der Waals surface area contributed by atoms with E-state index in [1.165, 1.54) is 4.57 Å². The van der Waals surface area contributed by atoms with Crippen LogP contribution in [0.5, 0.6) is 0 Å². The number of hydrogen-bond donors (Lipinski definition) is 1. The zero-order valence-corrected chi connectivity index (χ0v) is 16.5. The summed E-state index contributed by atoms with van der Waals surface area (Å²) in [6.45, 7) is 3.73. The Labute approximate surface area is 174 Å². The molecule has 1 fully saturated rings. The highest BCUT2D eigenvalue weighted by atomic mass is 35.5. The summed E-state index contributed by atoms with van der Waals surface area (Å²) in [6, 6.07) is 7.80. The van der Waals surface area contributed by atoms with E-state index in [2.05, 4.69) is 4.90 Å². The summed E-state index contributed by atoms with van der Waals surface area (Å²) in [4.78, 5) is 26.3. The van der Waals surface area contributed by atoms with Gasteiger partial charge in [0.25, 0.3) is 0 Å². The summed E-state index contributed by atoms with van der Waals surface area (Å²) < 4.78 is 34.6. The Balaban J connectivity index is 1.83. The van der Waals surface area contributed by atoms with Crippen molar-refractivity contribution >= 4 is 28.5 Å². The van der Waals surface area contributed by atoms with Crippen molar-refractivity contribution in [2.24, 2.45) is 0 Å². The number of halogens is 3. The molecule has 9 heteroatoms. The van der Waals surface area contributed by atoms with Crippen molar-refractivity contribution in [3.8, 4) is 5.69 Å². The maximum Gasteiger partial charge on any atom is 0.341 e. The molecule has 1 N–H and O–H groups in total. The number of pyridine rings is 1. The fourth-order valence-corrected chi connectivity index (χ4v) is 3.81. The Kier molecular flexibility index (Phi) is 5.55. The van der Waals surface area contributed by atoms with E-state index in [-0.39, 0.29) is 10.9 Å². The zero-order chi connectivity index (χ0) is 21.4. The molecule has 4 rings (SSSR count). The molecule has 0 amide bonds. The Morgan fingerprint density at radius 1 is 1.17 bits per heavy atom. The molecular weight excluding hydrogens is 418 g/mol. The molecule has 0 atom stereocenters. The highest BCUT2D eigenvalue weighted by Crippen LogP contribution is 2.29. The lowest BCUT2D eigenvalue weighted by Gasteiger charge is -2.26. The fourth-order valence-electron chi connectivity index (χ4n) is 3.53. The number of hydrogen-bond acceptors (Lipinski definition) is 4. The highest BCUT2D eigenvalue weighted by molar-refractivity contribution is 6.35. The smallest absolute Gasteiger partial charge is 0.341 e. The van der Waals surface area contributed by atoms with E-state index in [1.807, 2.05) is 12.1 Å². The van der Waals surface area contributed by atoms with Crippen molar-refractivity contribution in [2.75, 3.05) is 26.3 Å². The molecule has 0 unspecified atom stereocenters. The molecule has 2 aromatic carbocycles. The second-order valence-corrected chi connectivity index (χ2v) is 7.36. The fraction of sp³-hybridized carbons (Fsp3) is 0.238. The largest absolute Gasteiger partial charge is 0.477 e. The Morgan fingerprint density at radius 3 is 2.47 bits per heavy atom. The molecule has 1 saturated heterocycles. The van der Waals surface area contributed by atoms with Crippen molar-refractivity contribution in [1.29, 1.82) is 0 Å². The van der Waals surface area contributed by atoms with Crippen LogP contribution in [0.25, 0.3) is 16.6 Å². The Morgan fingerprint density at radius 2 is 1.83 bits per heavy atom. The number of benzene rings is 2. The monoisotopic (exact) mass is 434 g/mol. The van der Waals surface area contributed by atoms with Gasteiger partial charge in [0.05, 0.1) is 24.1 Å². The number of carbonyl (C=O) groups is 1. The molecule has 1 aromatic heterocycles. The number of nitrogens with zero attached hydrogens (tertiary/aromatic N) is 2. The van der Waals surface area contributed by atoms with Gasteiger partial charge in [-0.15, -0.1) is 0 Å². The molecule has 1 aliphatic rings. The van der Waals surface area contributed by atoms with Crippen LogP contribution < -0.4 is 5.43 Å². The van der Waals surface area contributed by atoms with Gasteiger partial charge < -0.3 is 14.4 Å². The summed E-state index contributed by atoms with van der Waals surface area (Å²) in [6.07, 6.45) is 1.08. The number of aromatic carboxylic acids is 1. The van der Waals surface area contributed by atoms with Crippen LogP contribution in [0, 0.1) is 11.6 Å². The molecule has 1 aliphatic heterocycles. The maximum atomic E-state index is 14.1. The molecule has 30 heavy (non-hydrogen) atoms. The predicted octanol–water partition coefficient (Wildman–Crippen LogP) is 3.45. The summed E-state index contributed by atoms with van der Waals surface area (Å²) >= 11 is 6.01. The Bertz CT molecular complexity index is 1190. The van der Waals surface area contributed by atoms with E-state index in [0.717, 1.165) is 31.4 Å². The van der Waals surface area contributed by atoms with Gasteiger partial charge in [0.1, 0.15) is 10.6 Å². The number of rotatable bonds is 4. The van der Waals surface area contributed by atoms with Crippen LogP contribution in [0.1, 0.15) is 15.9 Å². The molecule has 0 bridgehead atoms. The summed E-state index contributed by atoms with van der Waals surface area (Å²) in [5.41, 5.74) is -0.110. The van der Waals surface area contributed by atoms with Crippen LogP contribution in [-0.2, 0) is 11.3 Å². The first kappa shape index (κ1) is 20.5. The van der Waals surface area contributed by atoms with E-state index in [4.69, 9.17) is 16.3 Å². The SMILES string of the molecule is O=C(O)c1cn(-c2ccc(CN3CCOCC3)cc2)c2c(Cl)c(F)c(F)cc2c1=O. The molecule has 156 valence electrons. The van der Waals surface area contributed by atoms with Crippen LogP contribution in [-0.4, -0.2) is 46.8 Å². The normalized spacial score (nSPS) is 14.9. The number of ether oxygens (including phenoxy) is 1. The third-order valence-electron chi connectivity index (χ3n) is 5.08. The van der Waals surface area contributed by atoms with Crippen molar-refractivity contribution in [2.45, 2.75) is 6.54 Å². The number of fused-ring (bicyclic) bond motifs is 1. The van der Waals surface area contributed by atoms with E-state index in [1.54, 1.807) is 12.1 Å². The second kappa shape index (κ2) is 8.14. The van der Waals surface area contributed by atoms with E-state index in [0.29, 0.717) is 25.0 Å². The lowest BCUT2D eigenvalue weighted by Crippen LogP contribution is -2.35. The first-order valence-corrected chi connectivity index (χ1v) is 9.60. The van der Waals surface area contributed by atoms with Crippen LogP contribution in [0.2, 0.25) is 5.02 Å². The van der Waals surface area contributed by atoms with Gasteiger partial charge in [0.15, 0.2) is 11.6 Å². The van der Waals surface area contributed by atoms with Crippen LogP contribution >= 0.6 is 11.6 Å². The van der Waals surface area contributed by atoms with Crippen molar-refractivity contribution in [3.63, 3.8) is 0 Å². The number of carboxylic acid groups (broad SMARTS) is 1. The average Bonchev–Trinajstić information content (AvgIpc) is 2.74. The van der Waals surface area contributed by atoms with Gasteiger partial charge in [0, 0.05) is 31.5 Å². The van der Waals surface area contributed by atoms with Gasteiger partial charge in [-0.05, 0) is 23.8 Å². The van der Waals surface area contributed by atoms with Crippen LogP contribution in [0.4, 0.5) is 8.78 Å². The number of morpholine rings is 1. The molecule has 2 heterocycles. The quantitative estimate of drug-likeness (QED) is 0.637. The summed E-state index contributed by atoms with van der Waals surface area (Å²) in [5.74, 6) is -4.09. The highest BCUT2D eigenvalue weighted by Gasteiger charge is 2.22. The third kappa shape index (κ3) is 3.69. The van der Waals surface area contributed by atoms with E-state index >= 15 is 0 Å². The molecule has 0 aliphatic carbocycles. The van der Waals surface area contributed by atoms with Gasteiger partial charge in [-0.25, -0.2) is 13.6 Å². The first-order chi connectivity index (χ1) is 14.4. The van der Waals surface area contributed by atoms with E-state index in [9.17, 15) is 23.5 Å². The maximum absolute atomic E-state index is 14.1. The molecule has 3 aromatic rings. The zero-order valence-electron chi connectivity index (χ0n) is 15.7. The minimum atomic E-state index is -1.47. The van der Waals surface area contributed by atoms with Gasteiger partial charge in [-0.2, -0.15) is 0 Å². The minimum absolute atomic E-state index is 0.0912. The van der Waals surface area contributed by atoms with E-state index < -0.39 is 33.6 Å². The first-order valence-electron chi connectivity index (χ1n) is 9.22. The number of aromatic nitrogens is 1. The topological polar surface area (TPSA) is 71.8 Å². The van der Waals surface area contributed by atoms with Gasteiger partial charge in [-0.3, -0.25) is 9.69 Å². The predicted molar refractivity (Wildman–Crippen MR) is 108 cm³/mol. The Hall–Kier alpha value is -2.81. The van der Waals surface area contributed by atoms with Crippen molar-refractivity contribution < 1.29 is 23.4 Å². The minimum Gasteiger partial charge on any atom is -0.477 e. The van der Waals surface area contributed by atoms with Crippen molar-refractivity contribution in [1.82, 2.24) is 9.47 Å². The number of carboxylic acids is 1. The lowest BCUT2D eigenvalue weighted by atomic mass is 10.1. The van der Waals surface area contributed by atoms with Crippen LogP contribution in [0.15, 0.2) is 41.3 Å². The van der Waals surface area contributed by atoms with Crippen LogP contribution in [0.3, 0.4) is 0 Å². The van der Waals surface area contributed by atoms with Crippen molar-refractivity contribution in [3.05, 3.63) is 74.5 Å². The molecule has 0 saturated carbocycles. The lowest BCUT2D eigenvalue weighted by molar-refractivity contribution is 0.0342. The van der Waals surface area contributed by atoms with Gasteiger partial charge in [0.2, 0.25) is 5.43 Å².